The second kappa shape index (κ2) is 7.70. The normalized spacial score (nSPS) is 23.0. The van der Waals surface area contributed by atoms with Crippen LogP contribution in [0.15, 0.2) is 18.3 Å². The number of anilines is 1. The zero-order valence-electron chi connectivity index (χ0n) is 12.6. The topological polar surface area (TPSA) is 85.9 Å². The predicted octanol–water partition coefficient (Wildman–Crippen LogP) is -0.372. The number of nitrogen functional groups attached to an aromatic ring is 1. The lowest BCUT2D eigenvalue weighted by atomic mass is 9.96. The van der Waals surface area contributed by atoms with Crippen molar-refractivity contribution in [2.45, 2.75) is 6.54 Å². The Balaban J connectivity index is 1.93. The van der Waals surface area contributed by atoms with Crippen LogP contribution < -0.4 is 5.73 Å². The minimum absolute atomic E-state index is 0.170. The Kier molecular flexibility index (Phi) is 5.93. The van der Waals surface area contributed by atoms with Crippen molar-refractivity contribution < 1.29 is 10.2 Å². The lowest BCUT2D eigenvalue weighted by Gasteiger charge is -2.23. The highest BCUT2D eigenvalue weighted by Gasteiger charge is 2.32. The van der Waals surface area contributed by atoms with Crippen LogP contribution in [0, 0.1) is 11.8 Å². The number of aromatic nitrogens is 1. The fourth-order valence-corrected chi connectivity index (χ4v) is 3.07. The third-order valence-corrected chi connectivity index (χ3v) is 4.23. The molecular weight excluding hydrogens is 268 g/mol. The zero-order valence-corrected chi connectivity index (χ0v) is 12.6. The highest BCUT2D eigenvalue weighted by Crippen LogP contribution is 2.26. The Labute approximate surface area is 126 Å². The van der Waals surface area contributed by atoms with Crippen molar-refractivity contribution in [2.75, 3.05) is 52.2 Å². The van der Waals surface area contributed by atoms with E-state index < -0.39 is 0 Å². The maximum atomic E-state index is 9.59. The van der Waals surface area contributed by atoms with Crippen LogP contribution >= 0.6 is 0 Å². The average Bonchev–Trinajstić information content (AvgIpc) is 2.83. The fourth-order valence-electron chi connectivity index (χ4n) is 3.07. The number of likely N-dealkylation sites (tertiary alicyclic amines) is 1. The van der Waals surface area contributed by atoms with Crippen LogP contribution in [0.3, 0.4) is 0 Å². The number of hydrogen-bond acceptors (Lipinski definition) is 6. The van der Waals surface area contributed by atoms with E-state index in [1.807, 2.05) is 19.2 Å². The zero-order chi connectivity index (χ0) is 15.2. The molecule has 0 aliphatic carbocycles. The third kappa shape index (κ3) is 4.38. The van der Waals surface area contributed by atoms with Crippen LogP contribution in [0.1, 0.15) is 5.56 Å². The van der Waals surface area contributed by atoms with Crippen LogP contribution in [-0.2, 0) is 6.54 Å². The maximum absolute atomic E-state index is 9.59. The molecule has 1 fully saturated rings. The molecule has 0 saturated carbocycles. The fraction of sp³-hybridized carbons (Fsp3) is 0.667. The second-order valence-electron chi connectivity index (χ2n) is 5.93. The van der Waals surface area contributed by atoms with Crippen LogP contribution in [0.5, 0.6) is 0 Å². The van der Waals surface area contributed by atoms with E-state index in [1.54, 1.807) is 6.20 Å². The number of aliphatic hydroxyl groups is 2. The van der Waals surface area contributed by atoms with Gasteiger partial charge in [-0.15, -0.1) is 0 Å². The molecule has 0 radical (unpaired) electrons. The number of hydrogen-bond donors (Lipinski definition) is 3. The van der Waals surface area contributed by atoms with Crippen molar-refractivity contribution in [3.05, 3.63) is 23.9 Å². The summed E-state index contributed by atoms with van der Waals surface area (Å²) < 4.78 is 0. The molecule has 0 unspecified atom stereocenters. The average molecular weight is 294 g/mol. The van der Waals surface area contributed by atoms with E-state index in [-0.39, 0.29) is 19.1 Å². The highest BCUT2D eigenvalue weighted by atomic mass is 16.3. The summed E-state index contributed by atoms with van der Waals surface area (Å²) in [6.45, 7) is 4.53. The minimum atomic E-state index is 0.170. The van der Waals surface area contributed by atoms with Crippen molar-refractivity contribution in [2.24, 2.45) is 11.8 Å². The molecule has 1 aromatic heterocycles. The molecule has 2 atom stereocenters. The minimum Gasteiger partial charge on any atom is -0.396 e. The first-order valence-electron chi connectivity index (χ1n) is 7.46. The van der Waals surface area contributed by atoms with Crippen LogP contribution in [0.25, 0.3) is 0 Å². The van der Waals surface area contributed by atoms with Crippen molar-refractivity contribution in [1.82, 2.24) is 14.8 Å². The van der Waals surface area contributed by atoms with Gasteiger partial charge < -0.3 is 20.8 Å². The van der Waals surface area contributed by atoms with Crippen molar-refractivity contribution in [3.63, 3.8) is 0 Å². The summed E-state index contributed by atoms with van der Waals surface area (Å²) in [5, 5.41) is 18.6. The molecule has 1 aliphatic heterocycles. The smallest absolute Gasteiger partial charge is 0.127 e. The summed E-state index contributed by atoms with van der Waals surface area (Å²) in [4.78, 5) is 8.56. The van der Waals surface area contributed by atoms with Crippen molar-refractivity contribution in [3.8, 4) is 0 Å². The van der Waals surface area contributed by atoms with E-state index >= 15 is 0 Å². The molecule has 4 N–H and O–H groups in total. The predicted molar refractivity (Wildman–Crippen MR) is 82.6 cm³/mol. The van der Waals surface area contributed by atoms with Gasteiger partial charge in [0.2, 0.25) is 0 Å². The Morgan fingerprint density at radius 3 is 2.81 bits per heavy atom. The Morgan fingerprint density at radius 1 is 1.38 bits per heavy atom. The lowest BCUT2D eigenvalue weighted by Crippen LogP contribution is -2.33. The summed E-state index contributed by atoms with van der Waals surface area (Å²) in [5.41, 5.74) is 6.94. The summed E-state index contributed by atoms with van der Waals surface area (Å²) in [5.74, 6) is 1.28. The van der Waals surface area contributed by atoms with Gasteiger partial charge in [-0.3, -0.25) is 4.90 Å². The highest BCUT2D eigenvalue weighted by molar-refractivity contribution is 5.38. The van der Waals surface area contributed by atoms with E-state index in [9.17, 15) is 5.11 Å². The van der Waals surface area contributed by atoms with Gasteiger partial charge in [0.1, 0.15) is 5.82 Å². The van der Waals surface area contributed by atoms with Gasteiger partial charge in [-0.05, 0) is 24.9 Å². The number of aliphatic hydroxyl groups excluding tert-OH is 2. The van der Waals surface area contributed by atoms with Crippen LogP contribution in [0.2, 0.25) is 0 Å². The number of pyridine rings is 1. The monoisotopic (exact) mass is 294 g/mol. The summed E-state index contributed by atoms with van der Waals surface area (Å²) in [7, 11) is 2.01. The van der Waals surface area contributed by atoms with Gasteiger partial charge in [-0.25, -0.2) is 4.98 Å². The molecule has 2 heterocycles. The van der Waals surface area contributed by atoms with Gasteiger partial charge in [0.25, 0.3) is 0 Å². The molecule has 0 amide bonds. The van der Waals surface area contributed by atoms with Gasteiger partial charge in [-0.2, -0.15) is 0 Å². The third-order valence-electron chi connectivity index (χ3n) is 4.23. The molecule has 118 valence electrons. The number of nitrogens with zero attached hydrogens (tertiary/aromatic N) is 3. The van der Waals surface area contributed by atoms with Gasteiger partial charge in [0, 0.05) is 51.1 Å². The first-order chi connectivity index (χ1) is 10.1. The summed E-state index contributed by atoms with van der Waals surface area (Å²) in [6, 6.07) is 3.90. The van der Waals surface area contributed by atoms with E-state index in [4.69, 9.17) is 10.8 Å². The first kappa shape index (κ1) is 16.2. The molecule has 1 saturated heterocycles. The van der Waals surface area contributed by atoms with E-state index in [0.717, 1.165) is 31.7 Å². The number of rotatable bonds is 7. The molecule has 6 nitrogen and oxygen atoms in total. The summed E-state index contributed by atoms with van der Waals surface area (Å²) in [6.07, 6.45) is 1.70. The number of likely N-dealkylation sites (N-methyl/N-ethyl adjacent to an activating group) is 1. The molecule has 21 heavy (non-hydrogen) atoms. The van der Waals surface area contributed by atoms with Crippen LogP contribution in [-0.4, -0.2) is 71.4 Å². The Hall–Kier alpha value is -1.21. The lowest BCUT2D eigenvalue weighted by molar-refractivity contribution is 0.160. The molecule has 0 bridgehead atoms. The molecule has 2 rings (SSSR count). The largest absolute Gasteiger partial charge is 0.396 e. The maximum Gasteiger partial charge on any atom is 0.127 e. The summed E-state index contributed by atoms with van der Waals surface area (Å²) >= 11 is 0. The van der Waals surface area contributed by atoms with E-state index in [0.29, 0.717) is 18.3 Å². The molecular formula is C15H26N4O2. The SMILES string of the molecule is CN(CCO)C[C@@H]1CN(Cc2cccnc2N)C[C@@H]1CO. The van der Waals surface area contributed by atoms with Crippen molar-refractivity contribution in [1.29, 1.82) is 0 Å². The molecule has 1 aliphatic rings. The second-order valence-corrected chi connectivity index (χ2v) is 5.93. The van der Waals surface area contributed by atoms with Gasteiger partial charge in [-0.1, -0.05) is 6.07 Å². The molecule has 0 aromatic carbocycles. The van der Waals surface area contributed by atoms with Gasteiger partial charge in [0.05, 0.1) is 6.61 Å². The van der Waals surface area contributed by atoms with Gasteiger partial charge >= 0.3 is 0 Å². The van der Waals surface area contributed by atoms with Crippen LogP contribution in [0.4, 0.5) is 5.82 Å². The van der Waals surface area contributed by atoms with Gasteiger partial charge in [0.15, 0.2) is 0 Å². The number of nitrogens with two attached hydrogens (primary N) is 1. The molecule has 0 spiro atoms. The quantitative estimate of drug-likeness (QED) is 0.636. The molecule has 6 heteroatoms. The Morgan fingerprint density at radius 2 is 2.14 bits per heavy atom. The van der Waals surface area contributed by atoms with E-state index in [1.165, 1.54) is 0 Å². The Bertz CT molecular complexity index is 443. The first-order valence-corrected chi connectivity index (χ1v) is 7.46. The van der Waals surface area contributed by atoms with E-state index in [2.05, 4.69) is 14.8 Å². The van der Waals surface area contributed by atoms with Crippen molar-refractivity contribution >= 4 is 5.82 Å². The molecule has 1 aromatic rings. The standard InChI is InChI=1S/C15H26N4O2/c1-18(5-6-20)7-13-9-19(10-14(13)11-21)8-12-3-2-4-17-15(12)16/h2-4,13-14,20-21H,5-11H2,1H3,(H2,16,17)/t13-,14-/m1/s1.